The van der Waals surface area contributed by atoms with Crippen LogP contribution in [0.25, 0.3) is 0 Å². The third-order valence-corrected chi connectivity index (χ3v) is 5.17. The van der Waals surface area contributed by atoms with Crippen LogP contribution in [0.15, 0.2) is 24.3 Å². The minimum absolute atomic E-state index is 0.0235. The van der Waals surface area contributed by atoms with Crippen molar-refractivity contribution in [3.8, 4) is 0 Å². The second kappa shape index (κ2) is 8.10. The van der Waals surface area contributed by atoms with Crippen LogP contribution >= 0.6 is 0 Å². The van der Waals surface area contributed by atoms with Gasteiger partial charge < -0.3 is 15.8 Å². The van der Waals surface area contributed by atoms with E-state index >= 15 is 0 Å². The van der Waals surface area contributed by atoms with Crippen LogP contribution in [-0.2, 0) is 16.1 Å². The van der Waals surface area contributed by atoms with Crippen molar-refractivity contribution in [3.63, 3.8) is 0 Å². The van der Waals surface area contributed by atoms with Crippen LogP contribution in [0.3, 0.4) is 0 Å². The first-order valence-electron chi connectivity index (χ1n) is 9.11. The van der Waals surface area contributed by atoms with Gasteiger partial charge in [-0.3, -0.25) is 9.69 Å². The molecule has 2 aliphatic rings. The fourth-order valence-electron chi connectivity index (χ4n) is 3.47. The highest BCUT2D eigenvalue weighted by atomic mass is 16.5. The summed E-state index contributed by atoms with van der Waals surface area (Å²) in [4.78, 5) is 14.7. The number of hydrogen-bond donors (Lipinski definition) is 2. The predicted molar refractivity (Wildman–Crippen MR) is 95.7 cm³/mol. The monoisotopic (exact) mass is 331 g/mol. The maximum atomic E-state index is 12.2. The first-order valence-corrected chi connectivity index (χ1v) is 9.11. The Labute approximate surface area is 144 Å². The van der Waals surface area contributed by atoms with Gasteiger partial charge in [-0.1, -0.05) is 19.1 Å². The summed E-state index contributed by atoms with van der Waals surface area (Å²) < 4.78 is 5.63. The van der Waals surface area contributed by atoms with Crippen LogP contribution in [0.5, 0.6) is 0 Å². The van der Waals surface area contributed by atoms with Gasteiger partial charge in [0, 0.05) is 18.8 Å². The summed E-state index contributed by atoms with van der Waals surface area (Å²) in [5.74, 6) is 0.791. The maximum Gasteiger partial charge on any atom is 0.253 e. The van der Waals surface area contributed by atoms with Gasteiger partial charge in [0.1, 0.15) is 6.10 Å². The average molecular weight is 331 g/mol. The van der Waals surface area contributed by atoms with Crippen LogP contribution in [0.2, 0.25) is 0 Å². The van der Waals surface area contributed by atoms with Gasteiger partial charge in [0.15, 0.2) is 0 Å². The number of benzene rings is 1. The third kappa shape index (κ3) is 4.56. The zero-order chi connectivity index (χ0) is 16.9. The minimum atomic E-state index is -0.367. The van der Waals surface area contributed by atoms with E-state index in [4.69, 9.17) is 10.5 Å². The molecule has 0 unspecified atom stereocenters. The molecule has 0 radical (unpaired) electrons. The lowest BCUT2D eigenvalue weighted by Gasteiger charge is -2.30. The van der Waals surface area contributed by atoms with Crippen molar-refractivity contribution in [1.29, 1.82) is 0 Å². The van der Waals surface area contributed by atoms with Crippen LogP contribution in [0, 0.1) is 5.92 Å². The number of likely N-dealkylation sites (tertiary alicyclic amines) is 1. The molecule has 0 bridgehead atoms. The molecular formula is C19H29N3O2. The highest BCUT2D eigenvalue weighted by Crippen LogP contribution is 2.21. The molecule has 2 aliphatic heterocycles. The van der Waals surface area contributed by atoms with Crippen LogP contribution in [0.1, 0.15) is 38.2 Å². The van der Waals surface area contributed by atoms with Crippen molar-refractivity contribution < 1.29 is 9.53 Å². The Kier molecular flexibility index (Phi) is 5.87. The van der Waals surface area contributed by atoms with Gasteiger partial charge in [-0.05, 0) is 62.4 Å². The summed E-state index contributed by atoms with van der Waals surface area (Å²) in [7, 11) is 0. The van der Waals surface area contributed by atoms with Crippen LogP contribution < -0.4 is 11.1 Å². The quantitative estimate of drug-likeness (QED) is 0.869. The van der Waals surface area contributed by atoms with Crippen LogP contribution in [-0.4, -0.2) is 42.6 Å². The predicted octanol–water partition coefficient (Wildman–Crippen LogP) is 2.36. The molecule has 5 heteroatoms. The van der Waals surface area contributed by atoms with E-state index in [1.54, 1.807) is 0 Å². The van der Waals surface area contributed by atoms with Crippen molar-refractivity contribution in [3.05, 3.63) is 29.8 Å². The van der Waals surface area contributed by atoms with E-state index in [2.05, 4.69) is 29.3 Å². The Morgan fingerprint density at radius 1 is 1.21 bits per heavy atom. The molecule has 0 spiro atoms. The van der Waals surface area contributed by atoms with E-state index < -0.39 is 0 Å². The molecule has 2 saturated heterocycles. The molecular weight excluding hydrogens is 302 g/mol. The summed E-state index contributed by atoms with van der Waals surface area (Å²) in [5, 5.41) is 2.95. The number of piperidine rings is 1. The summed E-state index contributed by atoms with van der Waals surface area (Å²) >= 11 is 0. The van der Waals surface area contributed by atoms with Gasteiger partial charge in [0.25, 0.3) is 5.91 Å². The standard InChI is InChI=1S/C19H29N3O2/c1-14-8-10-22(11-9-14)13-15-2-4-16(5-3-15)21-19(23)18-7-6-17(12-20)24-18/h2-5,14,17-18H,6-13,20H2,1H3,(H,21,23)/t17-,18+/m1/s1. The highest BCUT2D eigenvalue weighted by Gasteiger charge is 2.29. The number of carbonyl (C=O) groups is 1. The Morgan fingerprint density at radius 2 is 1.92 bits per heavy atom. The molecule has 24 heavy (non-hydrogen) atoms. The lowest BCUT2D eigenvalue weighted by atomic mass is 9.99. The summed E-state index contributed by atoms with van der Waals surface area (Å²) in [6.45, 7) is 6.17. The Morgan fingerprint density at radius 3 is 2.54 bits per heavy atom. The SMILES string of the molecule is CC1CCN(Cc2ccc(NC(=O)[C@@H]3CC[C@H](CN)O3)cc2)CC1. The van der Waals surface area contributed by atoms with Crippen molar-refractivity contribution in [1.82, 2.24) is 4.90 Å². The number of nitrogens with two attached hydrogens (primary N) is 1. The van der Waals surface area contributed by atoms with Gasteiger partial charge in [-0.25, -0.2) is 0 Å². The number of amides is 1. The number of nitrogens with zero attached hydrogens (tertiary/aromatic N) is 1. The molecule has 3 N–H and O–H groups in total. The zero-order valence-corrected chi connectivity index (χ0v) is 14.5. The van der Waals surface area contributed by atoms with Gasteiger partial charge in [0.2, 0.25) is 0 Å². The van der Waals surface area contributed by atoms with Gasteiger partial charge in [-0.15, -0.1) is 0 Å². The lowest BCUT2D eigenvalue weighted by Crippen LogP contribution is -2.32. The molecule has 1 aromatic carbocycles. The number of ether oxygens (including phenoxy) is 1. The molecule has 1 aromatic rings. The normalized spacial score (nSPS) is 25.8. The van der Waals surface area contributed by atoms with Crippen molar-refractivity contribution in [2.24, 2.45) is 11.7 Å². The zero-order valence-electron chi connectivity index (χ0n) is 14.5. The number of hydrogen-bond acceptors (Lipinski definition) is 4. The third-order valence-electron chi connectivity index (χ3n) is 5.17. The van der Waals surface area contributed by atoms with Gasteiger partial charge in [-0.2, -0.15) is 0 Å². The van der Waals surface area contributed by atoms with Gasteiger partial charge in [0.05, 0.1) is 6.10 Å². The number of nitrogens with one attached hydrogen (secondary N) is 1. The van der Waals surface area contributed by atoms with Crippen molar-refractivity contribution in [2.45, 2.75) is 51.4 Å². The molecule has 5 nitrogen and oxygen atoms in total. The molecule has 2 atom stereocenters. The molecule has 0 aromatic heterocycles. The van der Waals surface area contributed by atoms with E-state index in [1.165, 1.54) is 31.5 Å². The maximum absolute atomic E-state index is 12.2. The van der Waals surface area contributed by atoms with Crippen LogP contribution in [0.4, 0.5) is 5.69 Å². The fraction of sp³-hybridized carbons (Fsp3) is 0.632. The molecule has 132 valence electrons. The highest BCUT2D eigenvalue weighted by molar-refractivity contribution is 5.94. The molecule has 2 fully saturated rings. The van der Waals surface area contributed by atoms with Crippen molar-refractivity contribution >= 4 is 11.6 Å². The molecule has 0 aliphatic carbocycles. The average Bonchev–Trinajstić information content (AvgIpc) is 3.08. The van der Waals surface area contributed by atoms with Crippen molar-refractivity contribution in [2.75, 3.05) is 25.0 Å². The first kappa shape index (κ1) is 17.4. The van der Waals surface area contributed by atoms with E-state index in [1.807, 2.05) is 12.1 Å². The summed E-state index contributed by atoms with van der Waals surface area (Å²) in [5.41, 5.74) is 7.71. The number of anilines is 1. The number of rotatable bonds is 5. The summed E-state index contributed by atoms with van der Waals surface area (Å²) in [6, 6.07) is 8.17. The smallest absolute Gasteiger partial charge is 0.253 e. The molecule has 2 heterocycles. The Hall–Kier alpha value is -1.43. The fourth-order valence-corrected chi connectivity index (χ4v) is 3.47. The van der Waals surface area contributed by atoms with E-state index in [0.717, 1.165) is 31.0 Å². The summed E-state index contributed by atoms with van der Waals surface area (Å²) in [6.07, 6.45) is 3.85. The van der Waals surface area contributed by atoms with Gasteiger partial charge >= 0.3 is 0 Å². The van der Waals surface area contributed by atoms with E-state index in [-0.39, 0.29) is 18.1 Å². The Balaban J connectivity index is 1.48. The first-order chi connectivity index (χ1) is 11.6. The largest absolute Gasteiger partial charge is 0.364 e. The second-order valence-corrected chi connectivity index (χ2v) is 7.20. The number of carbonyl (C=O) groups excluding carboxylic acids is 1. The Bertz CT molecular complexity index is 538. The second-order valence-electron chi connectivity index (χ2n) is 7.20. The topological polar surface area (TPSA) is 67.6 Å². The molecule has 1 amide bonds. The van der Waals surface area contributed by atoms with E-state index in [0.29, 0.717) is 6.54 Å². The molecule has 3 rings (SSSR count). The van der Waals surface area contributed by atoms with E-state index in [9.17, 15) is 4.79 Å². The minimum Gasteiger partial charge on any atom is -0.364 e. The lowest BCUT2D eigenvalue weighted by molar-refractivity contribution is -0.126. The molecule has 0 saturated carbocycles.